The number of hydrogen-bond donors (Lipinski definition) is 3. The first-order chi connectivity index (χ1) is 18.0. The molecule has 1 aromatic rings. The third-order valence-electron chi connectivity index (χ3n) is 5.04. The average Bonchev–Trinajstić information content (AvgIpc) is 2.81. The van der Waals surface area contributed by atoms with Crippen LogP contribution in [0.4, 0.5) is 10.5 Å². The van der Waals surface area contributed by atoms with E-state index in [1.807, 2.05) is 20.8 Å². The molecule has 3 atom stereocenters. The minimum atomic E-state index is -1.07. The number of hydrogen-bond acceptors (Lipinski definition) is 10. The summed E-state index contributed by atoms with van der Waals surface area (Å²) in [7, 11) is 1.23. The number of carbonyl (C=O) groups is 3. The van der Waals surface area contributed by atoms with Crippen molar-refractivity contribution in [3.8, 4) is 0 Å². The number of amides is 2. The molecular weight excluding hydrogens is 528 g/mol. The molecule has 3 N–H and O–H groups in total. The van der Waals surface area contributed by atoms with Crippen molar-refractivity contribution >= 4 is 35.6 Å². The first-order valence-electron chi connectivity index (χ1n) is 12.7. The van der Waals surface area contributed by atoms with E-state index in [2.05, 4.69) is 15.4 Å². The van der Waals surface area contributed by atoms with Gasteiger partial charge in [0.15, 0.2) is 6.04 Å². The maximum atomic E-state index is 13.3. The normalized spacial score (nSPS) is 14.1. The van der Waals surface area contributed by atoms with Gasteiger partial charge in [-0.2, -0.15) is 0 Å². The lowest BCUT2D eigenvalue weighted by Crippen LogP contribution is -2.54. The number of nitrogens with one attached hydrogen (secondary N) is 3. The van der Waals surface area contributed by atoms with Gasteiger partial charge in [-0.15, -0.1) is 0 Å². The maximum Gasteiger partial charge on any atom is 0.407 e. The Morgan fingerprint density at radius 3 is 2.26 bits per heavy atom. The number of nitrogens with zero attached hydrogens (tertiary/aromatic N) is 1. The molecule has 0 saturated carbocycles. The van der Waals surface area contributed by atoms with Gasteiger partial charge in [-0.05, 0) is 85.7 Å². The Bertz CT molecular complexity index is 977. The highest BCUT2D eigenvalue weighted by Crippen LogP contribution is 2.27. The van der Waals surface area contributed by atoms with Crippen molar-refractivity contribution in [3.05, 3.63) is 34.4 Å². The van der Waals surface area contributed by atoms with Crippen molar-refractivity contribution in [1.82, 2.24) is 15.4 Å². The number of carbonyl (C=O) groups excluding carboxylic acids is 3. The van der Waals surface area contributed by atoms with E-state index in [1.54, 1.807) is 45.9 Å². The number of rotatable bonds is 14. The second-order valence-electron chi connectivity index (χ2n) is 10.9. The molecule has 39 heavy (non-hydrogen) atoms. The maximum absolute atomic E-state index is 13.3. The summed E-state index contributed by atoms with van der Waals surface area (Å²) in [4.78, 5) is 48.9. The first-order valence-corrected chi connectivity index (χ1v) is 13.5. The molecule has 1 rings (SSSR count). The van der Waals surface area contributed by atoms with Crippen molar-refractivity contribution in [2.24, 2.45) is 0 Å². The van der Waals surface area contributed by atoms with E-state index in [0.717, 1.165) is 11.9 Å². The van der Waals surface area contributed by atoms with Gasteiger partial charge >= 0.3 is 12.1 Å². The van der Waals surface area contributed by atoms with Crippen LogP contribution in [0.5, 0.6) is 0 Å². The Hall–Kier alpha value is -2.90. The van der Waals surface area contributed by atoms with E-state index < -0.39 is 52.3 Å². The molecule has 0 aliphatic carbocycles. The van der Waals surface area contributed by atoms with Crippen LogP contribution >= 0.6 is 11.9 Å². The van der Waals surface area contributed by atoms with Crippen LogP contribution < -0.4 is 15.4 Å². The monoisotopic (exact) mass is 570 g/mol. The van der Waals surface area contributed by atoms with Gasteiger partial charge in [-0.25, -0.2) is 14.3 Å². The molecule has 0 radical (unpaired) electrons. The zero-order valence-electron chi connectivity index (χ0n) is 24.0. The predicted octanol–water partition coefficient (Wildman–Crippen LogP) is 4.12. The quantitative estimate of drug-likeness (QED) is 0.0977. The molecular formula is C26H42N4O8S. The largest absolute Gasteiger partial charge is 0.467 e. The molecule has 0 unspecified atom stereocenters. The highest BCUT2D eigenvalue weighted by Gasteiger charge is 2.33. The molecule has 0 spiro atoms. The summed E-state index contributed by atoms with van der Waals surface area (Å²) >= 11 is 0.957. The molecule has 0 aliphatic rings. The van der Waals surface area contributed by atoms with Gasteiger partial charge in [-0.3, -0.25) is 14.9 Å². The van der Waals surface area contributed by atoms with E-state index in [9.17, 15) is 24.5 Å². The first kappa shape index (κ1) is 34.1. The van der Waals surface area contributed by atoms with Crippen LogP contribution in [0, 0.1) is 10.1 Å². The topological polar surface area (TPSA) is 158 Å². The number of benzene rings is 1. The molecule has 0 aromatic heterocycles. The summed E-state index contributed by atoms with van der Waals surface area (Å²) in [5, 5.41) is 16.8. The van der Waals surface area contributed by atoms with Crippen molar-refractivity contribution in [3.63, 3.8) is 0 Å². The molecule has 0 heterocycles. The standard InChI is InChI=1S/C26H42N4O8S/c1-17(37-25(2,3)4)21(23(32)36-8)28-22(31)18(13-11-12-16-27-24(33)38-26(5,6)7)29-39-20-15-10-9-14-19(20)30(34)35/h9-10,14-15,17-18,21,29H,11-13,16H2,1-8H3,(H,27,33)(H,28,31)/t17-,18+,21+/m1/s1. The van der Waals surface area contributed by atoms with Gasteiger partial charge in [0.2, 0.25) is 5.91 Å². The summed E-state index contributed by atoms with van der Waals surface area (Å²) in [6.45, 7) is 12.8. The fourth-order valence-corrected chi connectivity index (χ4v) is 4.31. The summed E-state index contributed by atoms with van der Waals surface area (Å²) in [5.41, 5.74) is -1.29. The van der Waals surface area contributed by atoms with Crippen LogP contribution in [0.1, 0.15) is 67.7 Å². The lowest BCUT2D eigenvalue weighted by Gasteiger charge is -2.31. The number of para-hydroxylation sites is 1. The lowest BCUT2D eigenvalue weighted by atomic mass is 10.1. The highest BCUT2D eigenvalue weighted by atomic mass is 32.2. The van der Waals surface area contributed by atoms with Gasteiger partial charge in [-0.1, -0.05) is 12.1 Å². The van der Waals surface area contributed by atoms with Crippen molar-refractivity contribution < 1.29 is 33.5 Å². The molecule has 13 heteroatoms. The van der Waals surface area contributed by atoms with Gasteiger partial charge in [0, 0.05) is 12.6 Å². The SMILES string of the molecule is COC(=O)[C@@H](NC(=O)[C@H](CCCCNC(=O)OC(C)(C)C)NSc1ccccc1[N+](=O)[O-])[C@@H](C)OC(C)(C)C. The van der Waals surface area contributed by atoms with Gasteiger partial charge < -0.3 is 24.8 Å². The van der Waals surface area contributed by atoms with Gasteiger partial charge in [0.05, 0.1) is 29.8 Å². The summed E-state index contributed by atoms with van der Waals surface area (Å²) in [5.74, 6) is -1.16. The zero-order valence-corrected chi connectivity index (χ0v) is 24.8. The zero-order chi connectivity index (χ0) is 29.8. The second kappa shape index (κ2) is 15.6. The number of alkyl carbamates (subject to hydrolysis) is 1. The molecule has 0 aliphatic heterocycles. The second-order valence-corrected chi connectivity index (χ2v) is 11.7. The summed E-state index contributed by atoms with van der Waals surface area (Å²) < 4.78 is 19.0. The minimum Gasteiger partial charge on any atom is -0.467 e. The Balaban J connectivity index is 2.95. The average molecular weight is 571 g/mol. The highest BCUT2D eigenvalue weighted by molar-refractivity contribution is 7.97. The van der Waals surface area contributed by atoms with Gasteiger partial charge in [0.25, 0.3) is 5.69 Å². The van der Waals surface area contributed by atoms with Crippen molar-refractivity contribution in [2.75, 3.05) is 13.7 Å². The Morgan fingerprint density at radius 2 is 1.69 bits per heavy atom. The van der Waals surface area contributed by atoms with Crippen LogP contribution in [0.25, 0.3) is 0 Å². The number of ether oxygens (including phenoxy) is 3. The van der Waals surface area contributed by atoms with Crippen LogP contribution in [-0.2, 0) is 23.8 Å². The van der Waals surface area contributed by atoms with Gasteiger partial charge in [0.1, 0.15) is 10.5 Å². The van der Waals surface area contributed by atoms with E-state index >= 15 is 0 Å². The summed E-state index contributed by atoms with van der Waals surface area (Å²) in [6.07, 6.45) is 0.163. The van der Waals surface area contributed by atoms with E-state index in [4.69, 9.17) is 14.2 Å². The van der Waals surface area contributed by atoms with Crippen molar-refractivity contribution in [1.29, 1.82) is 0 Å². The van der Waals surface area contributed by atoms with E-state index in [-0.39, 0.29) is 5.69 Å². The molecule has 2 amide bonds. The number of methoxy groups -OCH3 is 1. The van der Waals surface area contributed by atoms with Crippen LogP contribution in [0.15, 0.2) is 29.2 Å². The Kier molecular flexibility index (Phi) is 13.7. The minimum absolute atomic E-state index is 0.102. The third kappa shape index (κ3) is 13.6. The Labute approximate surface area is 234 Å². The smallest absolute Gasteiger partial charge is 0.407 e. The molecule has 220 valence electrons. The molecule has 1 aromatic carbocycles. The number of nitro groups is 1. The van der Waals surface area contributed by atoms with Crippen LogP contribution in [-0.4, -0.2) is 65.9 Å². The van der Waals surface area contributed by atoms with Crippen LogP contribution in [0.3, 0.4) is 0 Å². The Morgan fingerprint density at radius 1 is 1.05 bits per heavy atom. The van der Waals surface area contributed by atoms with Crippen LogP contribution in [0.2, 0.25) is 0 Å². The third-order valence-corrected chi connectivity index (χ3v) is 6.01. The van der Waals surface area contributed by atoms with E-state index in [1.165, 1.54) is 13.2 Å². The number of esters is 1. The molecule has 0 fully saturated rings. The molecule has 12 nitrogen and oxygen atoms in total. The summed E-state index contributed by atoms with van der Waals surface area (Å²) in [6, 6.07) is 4.27. The fourth-order valence-electron chi connectivity index (χ4n) is 3.43. The molecule has 0 saturated heterocycles. The predicted molar refractivity (Wildman–Crippen MR) is 148 cm³/mol. The molecule has 0 bridgehead atoms. The van der Waals surface area contributed by atoms with Crippen molar-refractivity contribution in [2.45, 2.75) is 102 Å². The fraction of sp³-hybridized carbons (Fsp3) is 0.654. The number of unbranched alkanes of at least 4 members (excludes halogenated alkanes) is 1. The number of nitro benzene ring substituents is 1. The van der Waals surface area contributed by atoms with E-state index in [0.29, 0.717) is 30.7 Å². The lowest BCUT2D eigenvalue weighted by molar-refractivity contribution is -0.387.